The number of methoxy groups -OCH3 is 2. The third-order valence-corrected chi connectivity index (χ3v) is 2.87. The van der Waals surface area contributed by atoms with Crippen LogP contribution in [0, 0.1) is 0 Å². The first kappa shape index (κ1) is 12.2. The van der Waals surface area contributed by atoms with Crippen LogP contribution in [0.4, 0.5) is 0 Å². The van der Waals surface area contributed by atoms with E-state index in [0.29, 0.717) is 5.82 Å². The van der Waals surface area contributed by atoms with E-state index in [1.807, 2.05) is 13.8 Å². The van der Waals surface area contributed by atoms with Gasteiger partial charge in [-0.3, -0.25) is 0 Å². The lowest BCUT2D eigenvalue weighted by Crippen LogP contribution is -2.11. The van der Waals surface area contributed by atoms with E-state index in [-0.39, 0.29) is 22.8 Å². The van der Waals surface area contributed by atoms with Crippen LogP contribution in [0.15, 0.2) is 0 Å². The van der Waals surface area contributed by atoms with Crippen molar-refractivity contribution in [3.05, 3.63) is 5.82 Å². The Kier molecular flexibility index (Phi) is 4.26. The normalized spacial score (nSPS) is 14.5. The van der Waals surface area contributed by atoms with Gasteiger partial charge >= 0.3 is 12.0 Å². The zero-order valence-corrected chi connectivity index (χ0v) is 10.8. The third kappa shape index (κ3) is 3.02. The van der Waals surface area contributed by atoms with Crippen molar-refractivity contribution in [1.29, 1.82) is 0 Å². The summed E-state index contributed by atoms with van der Waals surface area (Å²) in [5.41, 5.74) is 0. The molecule has 0 aliphatic heterocycles. The Balaban J connectivity index is 3.06. The van der Waals surface area contributed by atoms with Crippen LogP contribution < -0.4 is 9.47 Å². The highest BCUT2D eigenvalue weighted by atomic mass is 79.9. The predicted molar refractivity (Wildman–Crippen MR) is 59.7 cm³/mol. The molecular formula is C9H14BrN3O2. The van der Waals surface area contributed by atoms with Gasteiger partial charge in [0.1, 0.15) is 5.82 Å². The van der Waals surface area contributed by atoms with Gasteiger partial charge in [0.25, 0.3) is 0 Å². The monoisotopic (exact) mass is 275 g/mol. The van der Waals surface area contributed by atoms with Crippen LogP contribution in [0.3, 0.4) is 0 Å². The molecule has 0 aliphatic carbocycles. The SMILES string of the molecule is COc1nc(OC)nc(C(C)C(C)Br)n1. The molecule has 2 unspecified atom stereocenters. The van der Waals surface area contributed by atoms with Crippen molar-refractivity contribution in [1.82, 2.24) is 15.0 Å². The summed E-state index contributed by atoms with van der Waals surface area (Å²) in [6, 6.07) is 0.550. The molecule has 0 saturated carbocycles. The summed E-state index contributed by atoms with van der Waals surface area (Å²) in [7, 11) is 3.03. The highest BCUT2D eigenvalue weighted by Gasteiger charge is 2.17. The van der Waals surface area contributed by atoms with Gasteiger partial charge in [0.15, 0.2) is 0 Å². The maximum atomic E-state index is 4.97. The van der Waals surface area contributed by atoms with Gasteiger partial charge in [0.2, 0.25) is 0 Å². The van der Waals surface area contributed by atoms with Gasteiger partial charge in [-0.15, -0.1) is 4.98 Å². The first-order valence-electron chi connectivity index (χ1n) is 4.56. The molecule has 0 bridgehead atoms. The van der Waals surface area contributed by atoms with E-state index < -0.39 is 0 Å². The van der Waals surface area contributed by atoms with Crippen LogP contribution in [0.25, 0.3) is 0 Å². The molecule has 1 aromatic heterocycles. The number of nitrogens with zero attached hydrogens (tertiary/aromatic N) is 3. The first-order valence-corrected chi connectivity index (χ1v) is 5.48. The van der Waals surface area contributed by atoms with Gasteiger partial charge in [0.05, 0.1) is 14.2 Å². The molecule has 1 heterocycles. The number of rotatable bonds is 4. The van der Waals surface area contributed by atoms with Crippen molar-refractivity contribution in [2.45, 2.75) is 24.6 Å². The summed E-state index contributed by atoms with van der Waals surface area (Å²) in [6.07, 6.45) is 0. The maximum absolute atomic E-state index is 4.97. The molecule has 15 heavy (non-hydrogen) atoms. The summed E-state index contributed by atoms with van der Waals surface area (Å²) < 4.78 is 9.94. The van der Waals surface area contributed by atoms with Crippen molar-refractivity contribution in [2.75, 3.05) is 14.2 Å². The smallest absolute Gasteiger partial charge is 0.322 e. The van der Waals surface area contributed by atoms with Crippen LogP contribution in [-0.2, 0) is 0 Å². The van der Waals surface area contributed by atoms with Gasteiger partial charge in [0, 0.05) is 10.7 Å². The topological polar surface area (TPSA) is 57.1 Å². The average molecular weight is 276 g/mol. The molecule has 2 atom stereocenters. The Labute approximate surface area is 97.4 Å². The molecule has 0 radical (unpaired) electrons. The zero-order valence-electron chi connectivity index (χ0n) is 9.19. The fourth-order valence-electron chi connectivity index (χ4n) is 0.944. The molecule has 6 heteroatoms. The molecule has 5 nitrogen and oxygen atoms in total. The number of hydrogen-bond acceptors (Lipinski definition) is 5. The maximum Gasteiger partial charge on any atom is 0.322 e. The summed E-state index contributed by atoms with van der Waals surface area (Å²) in [5, 5.41) is 0. The lowest BCUT2D eigenvalue weighted by atomic mass is 10.1. The second-order valence-corrected chi connectivity index (χ2v) is 4.58. The van der Waals surface area contributed by atoms with E-state index in [4.69, 9.17) is 9.47 Å². The number of aromatic nitrogens is 3. The summed E-state index contributed by atoms with van der Waals surface area (Å²) in [5.74, 6) is 0.818. The molecule has 0 spiro atoms. The molecule has 1 aromatic rings. The lowest BCUT2D eigenvalue weighted by molar-refractivity contribution is 0.334. The number of alkyl halides is 1. The van der Waals surface area contributed by atoms with E-state index in [1.54, 1.807) is 0 Å². The van der Waals surface area contributed by atoms with Crippen molar-refractivity contribution >= 4 is 15.9 Å². The molecule has 0 saturated heterocycles. The van der Waals surface area contributed by atoms with Crippen molar-refractivity contribution in [2.24, 2.45) is 0 Å². The Hall–Kier alpha value is -0.910. The molecular weight excluding hydrogens is 262 g/mol. The largest absolute Gasteiger partial charge is 0.467 e. The van der Waals surface area contributed by atoms with Crippen molar-refractivity contribution in [3.8, 4) is 12.0 Å². The summed E-state index contributed by atoms with van der Waals surface area (Å²) >= 11 is 3.49. The van der Waals surface area contributed by atoms with E-state index in [2.05, 4.69) is 30.9 Å². The fourth-order valence-corrected chi connectivity index (χ4v) is 1.18. The highest BCUT2D eigenvalue weighted by molar-refractivity contribution is 9.09. The van der Waals surface area contributed by atoms with Crippen LogP contribution in [0.5, 0.6) is 12.0 Å². The number of hydrogen-bond donors (Lipinski definition) is 0. The third-order valence-electron chi connectivity index (χ3n) is 2.07. The molecule has 0 aliphatic rings. The number of halogens is 1. The molecule has 84 valence electrons. The van der Waals surface area contributed by atoms with E-state index >= 15 is 0 Å². The molecule has 0 aromatic carbocycles. The van der Waals surface area contributed by atoms with Gasteiger partial charge in [-0.1, -0.05) is 29.8 Å². The predicted octanol–water partition coefficient (Wildman–Crippen LogP) is 1.78. The second kappa shape index (κ2) is 5.25. The fraction of sp³-hybridized carbons (Fsp3) is 0.667. The van der Waals surface area contributed by atoms with Gasteiger partial charge in [-0.25, -0.2) is 0 Å². The van der Waals surface area contributed by atoms with E-state index in [1.165, 1.54) is 14.2 Å². The summed E-state index contributed by atoms with van der Waals surface area (Å²) in [6.45, 7) is 4.06. The number of ether oxygens (including phenoxy) is 2. The Morgan fingerprint density at radius 3 is 1.80 bits per heavy atom. The van der Waals surface area contributed by atoms with Gasteiger partial charge in [-0.05, 0) is 0 Å². The standard InChI is InChI=1S/C9H14BrN3O2/c1-5(6(2)10)7-11-8(14-3)13-9(12-7)15-4/h5-6H,1-4H3. The van der Waals surface area contributed by atoms with E-state index in [9.17, 15) is 0 Å². The van der Waals surface area contributed by atoms with Crippen LogP contribution in [0.2, 0.25) is 0 Å². The zero-order chi connectivity index (χ0) is 11.4. The first-order chi connectivity index (χ1) is 7.08. The molecule has 0 N–H and O–H groups in total. The Morgan fingerprint density at radius 1 is 1.00 bits per heavy atom. The Morgan fingerprint density at radius 2 is 1.47 bits per heavy atom. The van der Waals surface area contributed by atoms with E-state index in [0.717, 1.165) is 0 Å². The van der Waals surface area contributed by atoms with Crippen molar-refractivity contribution < 1.29 is 9.47 Å². The van der Waals surface area contributed by atoms with Crippen LogP contribution in [0.1, 0.15) is 25.6 Å². The molecule has 1 rings (SSSR count). The minimum atomic E-state index is 0.163. The molecule has 0 fully saturated rings. The second-order valence-electron chi connectivity index (χ2n) is 3.13. The van der Waals surface area contributed by atoms with Gasteiger partial charge in [-0.2, -0.15) is 9.97 Å². The average Bonchev–Trinajstić information content (AvgIpc) is 2.27. The minimum Gasteiger partial charge on any atom is -0.467 e. The lowest BCUT2D eigenvalue weighted by Gasteiger charge is -2.13. The van der Waals surface area contributed by atoms with Gasteiger partial charge < -0.3 is 9.47 Å². The van der Waals surface area contributed by atoms with Crippen LogP contribution in [-0.4, -0.2) is 34.0 Å². The minimum absolute atomic E-state index is 0.163. The Bertz CT molecular complexity index is 311. The quantitative estimate of drug-likeness (QED) is 0.784. The highest BCUT2D eigenvalue weighted by Crippen LogP contribution is 2.23. The molecule has 0 amide bonds. The van der Waals surface area contributed by atoms with Crippen LogP contribution >= 0.6 is 15.9 Å². The summed E-state index contributed by atoms with van der Waals surface area (Å²) in [4.78, 5) is 12.5. The van der Waals surface area contributed by atoms with Crippen molar-refractivity contribution in [3.63, 3.8) is 0 Å².